The third kappa shape index (κ3) is 4.86. The first kappa shape index (κ1) is 19.3. The number of carbonyl (C=O) groups is 1. The molecule has 4 rings (SSSR count). The van der Waals surface area contributed by atoms with Gasteiger partial charge in [-0.3, -0.25) is 14.7 Å². The molecule has 0 atom stereocenters. The standard InChI is InChI=1S/C22H23FN4O2/c23-19-4-2-1-3-18(19)20-15-25-21(29-20)5-6-22(28)27-13-11-26(12-14-27)16-17-7-9-24-10-8-17/h1-4,7-10,15H,5-6,11-14,16H2. The Morgan fingerprint density at radius 2 is 1.83 bits per heavy atom. The van der Waals surface area contributed by atoms with Gasteiger partial charge in [-0.15, -0.1) is 0 Å². The molecule has 3 aromatic rings. The predicted octanol–water partition coefficient (Wildman–Crippen LogP) is 3.15. The molecule has 0 bridgehead atoms. The van der Waals surface area contributed by atoms with Crippen molar-refractivity contribution in [1.82, 2.24) is 19.8 Å². The number of carbonyl (C=O) groups excluding carboxylic acids is 1. The second-order valence-electron chi connectivity index (χ2n) is 7.11. The maximum Gasteiger partial charge on any atom is 0.223 e. The highest BCUT2D eigenvalue weighted by atomic mass is 19.1. The Hall–Kier alpha value is -3.06. The van der Waals surface area contributed by atoms with E-state index >= 15 is 0 Å². The van der Waals surface area contributed by atoms with Crippen LogP contribution in [0.5, 0.6) is 0 Å². The SMILES string of the molecule is O=C(CCc1ncc(-c2ccccc2F)o1)N1CCN(Cc2ccncc2)CC1. The van der Waals surface area contributed by atoms with Crippen LogP contribution >= 0.6 is 0 Å². The largest absolute Gasteiger partial charge is 0.441 e. The van der Waals surface area contributed by atoms with Crippen molar-refractivity contribution in [2.75, 3.05) is 26.2 Å². The molecular weight excluding hydrogens is 371 g/mol. The van der Waals surface area contributed by atoms with Gasteiger partial charge in [-0.2, -0.15) is 0 Å². The van der Waals surface area contributed by atoms with E-state index in [0.29, 0.717) is 30.1 Å². The van der Waals surface area contributed by atoms with E-state index in [2.05, 4.69) is 14.9 Å². The van der Waals surface area contributed by atoms with E-state index < -0.39 is 0 Å². The van der Waals surface area contributed by atoms with Gasteiger partial charge in [0.25, 0.3) is 0 Å². The smallest absolute Gasteiger partial charge is 0.223 e. The van der Waals surface area contributed by atoms with Crippen molar-refractivity contribution in [2.45, 2.75) is 19.4 Å². The number of rotatable bonds is 6. The Bertz CT molecular complexity index is 952. The summed E-state index contributed by atoms with van der Waals surface area (Å²) in [6, 6.07) is 10.4. The summed E-state index contributed by atoms with van der Waals surface area (Å²) in [5.74, 6) is 0.582. The lowest BCUT2D eigenvalue weighted by Gasteiger charge is -2.34. The van der Waals surface area contributed by atoms with E-state index in [-0.39, 0.29) is 11.7 Å². The molecule has 1 amide bonds. The van der Waals surface area contributed by atoms with Crippen LogP contribution in [-0.2, 0) is 17.8 Å². The lowest BCUT2D eigenvalue weighted by molar-refractivity contribution is -0.133. The summed E-state index contributed by atoms with van der Waals surface area (Å²) in [4.78, 5) is 25.0. The summed E-state index contributed by atoms with van der Waals surface area (Å²) in [5, 5.41) is 0. The molecule has 3 heterocycles. The number of oxazole rings is 1. The van der Waals surface area contributed by atoms with Gasteiger partial charge in [0.15, 0.2) is 11.7 Å². The highest BCUT2D eigenvalue weighted by Gasteiger charge is 2.21. The zero-order valence-corrected chi connectivity index (χ0v) is 16.1. The molecule has 1 aromatic carbocycles. The van der Waals surface area contributed by atoms with Crippen LogP contribution in [0.25, 0.3) is 11.3 Å². The summed E-state index contributed by atoms with van der Waals surface area (Å²) in [7, 11) is 0. The van der Waals surface area contributed by atoms with Crippen LogP contribution < -0.4 is 0 Å². The molecule has 150 valence electrons. The third-order valence-corrected chi connectivity index (χ3v) is 5.13. The minimum atomic E-state index is -0.351. The molecule has 1 aliphatic rings. The number of amides is 1. The lowest BCUT2D eigenvalue weighted by Crippen LogP contribution is -2.48. The first-order valence-electron chi connectivity index (χ1n) is 9.78. The fourth-order valence-corrected chi connectivity index (χ4v) is 3.49. The first-order chi connectivity index (χ1) is 14.2. The molecule has 0 aliphatic carbocycles. The number of pyridine rings is 1. The van der Waals surface area contributed by atoms with Crippen molar-refractivity contribution < 1.29 is 13.6 Å². The van der Waals surface area contributed by atoms with Gasteiger partial charge in [0, 0.05) is 58.0 Å². The Kier molecular flexibility index (Phi) is 5.95. The number of nitrogens with zero attached hydrogens (tertiary/aromatic N) is 4. The third-order valence-electron chi connectivity index (χ3n) is 5.13. The highest BCUT2D eigenvalue weighted by molar-refractivity contribution is 5.76. The Morgan fingerprint density at radius 1 is 1.07 bits per heavy atom. The maximum absolute atomic E-state index is 13.9. The van der Waals surface area contributed by atoms with Crippen molar-refractivity contribution in [1.29, 1.82) is 0 Å². The number of halogens is 1. The second kappa shape index (κ2) is 8.96. The normalized spacial score (nSPS) is 14.9. The van der Waals surface area contributed by atoms with Crippen LogP contribution in [0.3, 0.4) is 0 Å². The van der Waals surface area contributed by atoms with Gasteiger partial charge < -0.3 is 9.32 Å². The van der Waals surface area contributed by atoms with Crippen molar-refractivity contribution >= 4 is 5.91 Å². The second-order valence-corrected chi connectivity index (χ2v) is 7.11. The van der Waals surface area contributed by atoms with E-state index in [1.165, 1.54) is 17.8 Å². The highest BCUT2D eigenvalue weighted by Crippen LogP contribution is 2.23. The summed E-state index contributed by atoms with van der Waals surface area (Å²) < 4.78 is 19.5. The average molecular weight is 394 g/mol. The van der Waals surface area contributed by atoms with Crippen LogP contribution in [0.15, 0.2) is 59.4 Å². The van der Waals surface area contributed by atoms with Gasteiger partial charge in [-0.25, -0.2) is 9.37 Å². The van der Waals surface area contributed by atoms with Crippen LogP contribution in [0, 0.1) is 5.82 Å². The van der Waals surface area contributed by atoms with Crippen LogP contribution in [0.2, 0.25) is 0 Å². The minimum absolute atomic E-state index is 0.0965. The van der Waals surface area contributed by atoms with Gasteiger partial charge in [0.05, 0.1) is 11.8 Å². The van der Waals surface area contributed by atoms with E-state index in [4.69, 9.17) is 4.42 Å². The fraction of sp³-hybridized carbons (Fsp3) is 0.318. The first-order valence-corrected chi connectivity index (χ1v) is 9.78. The monoisotopic (exact) mass is 394 g/mol. The summed E-state index contributed by atoms with van der Waals surface area (Å²) in [6.45, 7) is 4.01. The molecule has 0 spiro atoms. The van der Waals surface area contributed by atoms with Crippen LogP contribution in [0.4, 0.5) is 4.39 Å². The van der Waals surface area contributed by atoms with Gasteiger partial charge in [0.2, 0.25) is 5.91 Å². The molecule has 29 heavy (non-hydrogen) atoms. The average Bonchev–Trinajstić information content (AvgIpc) is 3.22. The zero-order valence-electron chi connectivity index (χ0n) is 16.1. The number of aromatic nitrogens is 2. The van der Waals surface area contributed by atoms with Crippen molar-refractivity contribution in [3.8, 4) is 11.3 Å². The zero-order chi connectivity index (χ0) is 20.1. The van der Waals surface area contributed by atoms with Crippen molar-refractivity contribution in [3.05, 3.63) is 72.3 Å². The minimum Gasteiger partial charge on any atom is -0.441 e. The Balaban J connectivity index is 1.25. The topological polar surface area (TPSA) is 62.5 Å². The van der Waals surface area contributed by atoms with Gasteiger partial charge in [-0.05, 0) is 29.8 Å². The number of hydrogen-bond donors (Lipinski definition) is 0. The van der Waals surface area contributed by atoms with Gasteiger partial charge >= 0.3 is 0 Å². The van der Waals surface area contributed by atoms with E-state index in [0.717, 1.165) is 32.7 Å². The molecule has 0 saturated carbocycles. The van der Waals surface area contributed by atoms with E-state index in [9.17, 15) is 9.18 Å². The lowest BCUT2D eigenvalue weighted by atomic mass is 10.2. The predicted molar refractivity (Wildman–Crippen MR) is 106 cm³/mol. The summed E-state index contributed by atoms with van der Waals surface area (Å²) in [6.07, 6.45) is 5.85. The number of piperazine rings is 1. The van der Waals surface area contributed by atoms with Crippen LogP contribution in [0.1, 0.15) is 17.9 Å². The molecule has 0 unspecified atom stereocenters. The van der Waals surface area contributed by atoms with Gasteiger partial charge in [-0.1, -0.05) is 12.1 Å². The number of benzene rings is 1. The quantitative estimate of drug-likeness (QED) is 0.643. The van der Waals surface area contributed by atoms with E-state index in [1.807, 2.05) is 17.0 Å². The molecule has 2 aromatic heterocycles. The number of hydrogen-bond acceptors (Lipinski definition) is 5. The van der Waals surface area contributed by atoms with Crippen molar-refractivity contribution in [3.63, 3.8) is 0 Å². The Labute approximate surface area is 169 Å². The molecule has 0 radical (unpaired) electrons. The van der Waals surface area contributed by atoms with E-state index in [1.54, 1.807) is 30.6 Å². The molecule has 1 aliphatic heterocycles. The van der Waals surface area contributed by atoms with Crippen molar-refractivity contribution in [2.24, 2.45) is 0 Å². The Morgan fingerprint density at radius 3 is 2.59 bits per heavy atom. The molecule has 1 saturated heterocycles. The summed E-state index contributed by atoms with van der Waals surface area (Å²) >= 11 is 0. The fourth-order valence-electron chi connectivity index (χ4n) is 3.49. The molecule has 0 N–H and O–H groups in total. The van der Waals surface area contributed by atoms with Crippen LogP contribution in [-0.4, -0.2) is 51.9 Å². The maximum atomic E-state index is 13.9. The number of aryl methyl sites for hydroxylation is 1. The van der Waals surface area contributed by atoms with Gasteiger partial charge in [0.1, 0.15) is 5.82 Å². The molecule has 7 heteroatoms. The molecule has 1 fully saturated rings. The summed E-state index contributed by atoms with van der Waals surface area (Å²) in [5.41, 5.74) is 1.61. The molecular formula is C22H23FN4O2. The molecule has 6 nitrogen and oxygen atoms in total.